The van der Waals surface area contributed by atoms with E-state index in [2.05, 4.69) is 5.16 Å². The van der Waals surface area contributed by atoms with E-state index in [1.165, 1.54) is 11.2 Å². The van der Waals surface area contributed by atoms with Crippen LogP contribution in [0.1, 0.15) is 30.6 Å². The van der Waals surface area contributed by atoms with E-state index in [-0.39, 0.29) is 57.3 Å². The Balaban J connectivity index is 1.11. The first-order valence-corrected chi connectivity index (χ1v) is 13.5. The number of oxime groups is 1. The molecule has 6 rings (SSSR count). The molecule has 2 saturated carbocycles. The van der Waals surface area contributed by atoms with Crippen LogP contribution in [-0.4, -0.2) is 76.1 Å². The van der Waals surface area contributed by atoms with E-state index < -0.39 is 36.1 Å². The zero-order chi connectivity index (χ0) is 27.8. The molecule has 1 aromatic carbocycles. The van der Waals surface area contributed by atoms with Gasteiger partial charge in [0.25, 0.3) is 0 Å². The van der Waals surface area contributed by atoms with Crippen molar-refractivity contribution in [2.45, 2.75) is 50.7 Å². The molecular weight excluding hydrogens is 524 g/mol. The summed E-state index contributed by atoms with van der Waals surface area (Å²) in [6, 6.07) is 8.80. The second-order valence-corrected chi connectivity index (χ2v) is 10.7. The quantitative estimate of drug-likeness (QED) is 0.303. The molecule has 40 heavy (non-hydrogen) atoms. The summed E-state index contributed by atoms with van der Waals surface area (Å²) in [5.41, 5.74) is 1.24. The largest absolute Gasteiger partial charge is 0.467 e. The fourth-order valence-corrected chi connectivity index (χ4v) is 6.36. The Hall–Kier alpha value is -3.45. The normalized spacial score (nSPS) is 30.9. The fourth-order valence-electron chi connectivity index (χ4n) is 6.36. The third-order valence-corrected chi connectivity index (χ3v) is 8.23. The van der Waals surface area contributed by atoms with Gasteiger partial charge in [-0.15, -0.1) is 0 Å². The van der Waals surface area contributed by atoms with Crippen LogP contribution in [0.25, 0.3) is 0 Å². The van der Waals surface area contributed by atoms with E-state index in [1.54, 1.807) is 30.3 Å². The van der Waals surface area contributed by atoms with Crippen LogP contribution in [0.2, 0.25) is 0 Å². The maximum Gasteiger partial charge on any atom is 0.233 e. The van der Waals surface area contributed by atoms with Gasteiger partial charge >= 0.3 is 0 Å². The Morgan fingerprint density at radius 2 is 1.88 bits per heavy atom. The van der Waals surface area contributed by atoms with E-state index >= 15 is 0 Å². The molecule has 7 atom stereocenters. The van der Waals surface area contributed by atoms with Crippen molar-refractivity contribution in [2.24, 2.45) is 28.8 Å². The van der Waals surface area contributed by atoms with Crippen LogP contribution in [0.5, 0.6) is 11.5 Å². The molecule has 214 valence electrons. The number of rotatable bonds is 9. The summed E-state index contributed by atoms with van der Waals surface area (Å²) in [4.78, 5) is 33.6. The number of aliphatic hydroxyl groups is 3. The Bertz CT molecular complexity index is 1260. The number of carbonyl (C=O) groups excluding carboxylic acids is 2. The van der Waals surface area contributed by atoms with Crippen LogP contribution >= 0.6 is 0 Å². The molecule has 3 heterocycles. The van der Waals surface area contributed by atoms with E-state index in [9.17, 15) is 24.9 Å². The van der Waals surface area contributed by atoms with Gasteiger partial charge in [0.05, 0.1) is 49.2 Å². The molecule has 0 spiro atoms. The van der Waals surface area contributed by atoms with Gasteiger partial charge in [0.2, 0.25) is 18.6 Å². The molecule has 0 bridgehead atoms. The molecule has 1 saturated heterocycles. The van der Waals surface area contributed by atoms with Gasteiger partial charge in [0, 0.05) is 18.3 Å². The third-order valence-electron chi connectivity index (χ3n) is 8.23. The highest BCUT2D eigenvalue weighted by Crippen LogP contribution is 2.50. The first kappa shape index (κ1) is 26.8. The molecule has 0 radical (unpaired) electrons. The number of likely N-dealkylation sites (tertiary alicyclic amines) is 1. The summed E-state index contributed by atoms with van der Waals surface area (Å²) in [6.07, 6.45) is -0.689. The molecule has 2 aromatic rings. The predicted octanol–water partition coefficient (Wildman–Crippen LogP) is 1.21. The molecule has 0 unspecified atom stereocenters. The van der Waals surface area contributed by atoms with Crippen molar-refractivity contribution in [2.75, 3.05) is 20.0 Å². The standard InChI is InChI=1S/C28H32N2O10/c31-16(11-36-13-17-2-1-7-37-17)12-40-29-20-9-21(32)26(33)24-18(20)4-5-19-25(24)28(35)30(27(19)34)10-15-3-6-22-23(8-15)39-14-38-22/h1-3,6-8,16,18-19,21,24-26,31-33H,4-5,9-14H2/b29-20+/t16-,18+,19+,21+,24-,25+,26+/m0/s1. The van der Waals surface area contributed by atoms with Gasteiger partial charge in [-0.1, -0.05) is 11.2 Å². The highest BCUT2D eigenvalue weighted by molar-refractivity contribution is 6.06. The van der Waals surface area contributed by atoms with Crippen molar-refractivity contribution in [3.8, 4) is 11.5 Å². The predicted molar refractivity (Wildman–Crippen MR) is 136 cm³/mol. The number of hydrogen-bond donors (Lipinski definition) is 3. The number of amides is 2. The molecule has 1 aromatic heterocycles. The Morgan fingerprint density at radius 1 is 1.05 bits per heavy atom. The van der Waals surface area contributed by atoms with Crippen molar-refractivity contribution in [3.05, 3.63) is 47.9 Å². The monoisotopic (exact) mass is 556 g/mol. The summed E-state index contributed by atoms with van der Waals surface area (Å²) in [7, 11) is 0. The molecule has 3 N–H and O–H groups in total. The number of hydrogen-bond acceptors (Lipinski definition) is 11. The zero-order valence-electron chi connectivity index (χ0n) is 21.8. The van der Waals surface area contributed by atoms with Crippen molar-refractivity contribution >= 4 is 17.5 Å². The van der Waals surface area contributed by atoms with Crippen LogP contribution in [0, 0.1) is 23.7 Å². The lowest BCUT2D eigenvalue weighted by Gasteiger charge is -2.45. The van der Waals surface area contributed by atoms with Crippen molar-refractivity contribution in [1.29, 1.82) is 0 Å². The molecule has 2 aliphatic heterocycles. The van der Waals surface area contributed by atoms with Crippen LogP contribution in [0.3, 0.4) is 0 Å². The highest BCUT2D eigenvalue weighted by atomic mass is 16.7. The van der Waals surface area contributed by atoms with Gasteiger partial charge in [-0.2, -0.15) is 0 Å². The average Bonchev–Trinajstić information content (AvgIpc) is 3.69. The smallest absolute Gasteiger partial charge is 0.233 e. The first-order chi connectivity index (χ1) is 19.4. The van der Waals surface area contributed by atoms with Crippen LogP contribution in [-0.2, 0) is 32.3 Å². The van der Waals surface area contributed by atoms with E-state index in [0.29, 0.717) is 35.8 Å². The fraction of sp³-hybridized carbons (Fsp3) is 0.536. The maximum atomic E-state index is 13.6. The Kier molecular flexibility index (Phi) is 7.49. The van der Waals surface area contributed by atoms with E-state index in [0.717, 1.165) is 5.56 Å². The van der Waals surface area contributed by atoms with Gasteiger partial charge in [-0.3, -0.25) is 14.5 Å². The zero-order valence-corrected chi connectivity index (χ0v) is 21.8. The maximum absolute atomic E-state index is 13.6. The van der Waals surface area contributed by atoms with Gasteiger partial charge in [0.15, 0.2) is 11.5 Å². The number of benzene rings is 1. The topological polar surface area (TPSA) is 160 Å². The number of imide groups is 1. The molecule has 2 amide bonds. The van der Waals surface area contributed by atoms with Gasteiger partial charge in [0.1, 0.15) is 25.1 Å². The first-order valence-electron chi connectivity index (χ1n) is 13.5. The minimum atomic E-state index is -1.18. The minimum Gasteiger partial charge on any atom is -0.467 e. The van der Waals surface area contributed by atoms with E-state index in [1.807, 2.05) is 0 Å². The summed E-state index contributed by atoms with van der Waals surface area (Å²) < 4.78 is 21.3. The van der Waals surface area contributed by atoms with Crippen molar-refractivity contribution in [1.82, 2.24) is 4.90 Å². The number of ether oxygens (including phenoxy) is 3. The Labute approximate surface area is 230 Å². The van der Waals surface area contributed by atoms with Crippen LogP contribution in [0.15, 0.2) is 46.2 Å². The lowest BCUT2D eigenvalue weighted by Crippen LogP contribution is -2.54. The lowest BCUT2D eigenvalue weighted by atomic mass is 9.60. The van der Waals surface area contributed by atoms with Crippen molar-refractivity contribution < 1.29 is 48.4 Å². The number of aliphatic hydroxyl groups excluding tert-OH is 3. The molecule has 12 heteroatoms. The molecular formula is C28H32N2O10. The number of nitrogens with zero attached hydrogens (tertiary/aromatic N) is 2. The molecule has 3 fully saturated rings. The average molecular weight is 557 g/mol. The molecule has 2 aliphatic carbocycles. The minimum absolute atomic E-state index is 0.0124. The van der Waals surface area contributed by atoms with Crippen LogP contribution in [0.4, 0.5) is 0 Å². The van der Waals surface area contributed by atoms with Crippen LogP contribution < -0.4 is 9.47 Å². The van der Waals surface area contributed by atoms with Gasteiger partial charge in [-0.25, -0.2) is 0 Å². The van der Waals surface area contributed by atoms with Gasteiger partial charge in [-0.05, 0) is 42.7 Å². The Morgan fingerprint density at radius 3 is 2.70 bits per heavy atom. The lowest BCUT2D eigenvalue weighted by molar-refractivity contribution is -0.142. The number of fused-ring (bicyclic) bond motifs is 4. The summed E-state index contributed by atoms with van der Waals surface area (Å²) in [6.45, 7) is 0.303. The number of carbonyl (C=O) groups is 2. The third kappa shape index (κ3) is 5.07. The summed E-state index contributed by atoms with van der Waals surface area (Å²) >= 11 is 0. The molecule has 12 nitrogen and oxygen atoms in total. The van der Waals surface area contributed by atoms with E-state index in [4.69, 9.17) is 23.5 Å². The highest BCUT2D eigenvalue weighted by Gasteiger charge is 2.59. The number of furan rings is 1. The second-order valence-electron chi connectivity index (χ2n) is 10.7. The summed E-state index contributed by atoms with van der Waals surface area (Å²) in [5.74, 6) is -1.17. The second kappa shape index (κ2) is 11.2. The molecule has 4 aliphatic rings. The van der Waals surface area contributed by atoms with Gasteiger partial charge < -0.3 is 38.8 Å². The van der Waals surface area contributed by atoms with Crippen molar-refractivity contribution in [3.63, 3.8) is 0 Å². The summed E-state index contributed by atoms with van der Waals surface area (Å²) in [5, 5.41) is 36.0. The SMILES string of the molecule is O=C1[C@H]2[C@H]3[C@H](O)[C@H](O)C/C(=N\OC[C@@H](O)COCc4ccco4)[C@H]3CC[C@H]2C(=O)N1Cc1ccc2c(c1)OCO2.